The first kappa shape index (κ1) is 22.7. The van der Waals surface area contributed by atoms with Crippen LogP contribution in [0.2, 0.25) is 0 Å². The lowest BCUT2D eigenvalue weighted by Gasteiger charge is -2.12. The van der Waals surface area contributed by atoms with E-state index < -0.39 is 10.0 Å². The van der Waals surface area contributed by atoms with Gasteiger partial charge in [-0.05, 0) is 31.5 Å². The van der Waals surface area contributed by atoms with Gasteiger partial charge in [0.1, 0.15) is 12.4 Å². The Bertz CT molecular complexity index is 853. The highest BCUT2D eigenvalue weighted by Crippen LogP contribution is 2.10. The van der Waals surface area contributed by atoms with Crippen LogP contribution < -0.4 is 20.1 Å². The first-order valence-corrected chi connectivity index (χ1v) is 11.4. The molecule has 0 aliphatic rings. The smallest absolute Gasteiger partial charge is 0.213 e. The molecule has 0 aliphatic carbocycles. The largest absolute Gasteiger partial charge is 0.492 e. The average Bonchev–Trinajstić information content (AvgIpc) is 2.72. The third-order valence-corrected chi connectivity index (χ3v) is 5.30. The van der Waals surface area contributed by atoms with Crippen LogP contribution in [0.15, 0.2) is 59.6 Å². The van der Waals surface area contributed by atoms with E-state index in [0.717, 1.165) is 11.3 Å². The molecular weight excluding hydrogens is 388 g/mol. The standard InChI is InChI=1S/C21H30N4O3S/c1-3-22-21(23-13-15-28-20-11-9-18(2)10-12-20)24-14-16-29(26,27)25-17-19-7-5-4-6-8-19/h4-12,25H,3,13-17H2,1-2H3,(H2,22,23,24). The van der Waals surface area contributed by atoms with Crippen molar-refractivity contribution in [3.05, 3.63) is 65.7 Å². The summed E-state index contributed by atoms with van der Waals surface area (Å²) in [5, 5.41) is 6.25. The molecule has 2 aromatic rings. The topological polar surface area (TPSA) is 91.8 Å². The fourth-order valence-corrected chi connectivity index (χ4v) is 3.32. The van der Waals surface area contributed by atoms with Crippen molar-refractivity contribution < 1.29 is 13.2 Å². The van der Waals surface area contributed by atoms with Gasteiger partial charge in [0.25, 0.3) is 0 Å². The van der Waals surface area contributed by atoms with Gasteiger partial charge in [0.2, 0.25) is 10.0 Å². The SMILES string of the molecule is CCNC(=NCCS(=O)(=O)NCc1ccccc1)NCCOc1ccc(C)cc1. The Labute approximate surface area is 173 Å². The zero-order valence-corrected chi connectivity index (χ0v) is 17.8. The molecule has 0 spiro atoms. The molecule has 0 atom stereocenters. The van der Waals surface area contributed by atoms with Gasteiger partial charge in [-0.1, -0.05) is 48.0 Å². The summed E-state index contributed by atoms with van der Waals surface area (Å²) in [6.45, 7) is 6.15. The highest BCUT2D eigenvalue weighted by molar-refractivity contribution is 7.89. The van der Waals surface area contributed by atoms with Gasteiger partial charge in [-0.25, -0.2) is 13.1 Å². The summed E-state index contributed by atoms with van der Waals surface area (Å²) in [4.78, 5) is 4.33. The monoisotopic (exact) mass is 418 g/mol. The maximum atomic E-state index is 12.1. The highest BCUT2D eigenvalue weighted by Gasteiger charge is 2.09. The van der Waals surface area contributed by atoms with Crippen molar-refractivity contribution in [1.29, 1.82) is 0 Å². The van der Waals surface area contributed by atoms with E-state index in [0.29, 0.717) is 25.7 Å². The summed E-state index contributed by atoms with van der Waals surface area (Å²) < 4.78 is 32.6. The molecule has 2 aromatic carbocycles. The van der Waals surface area contributed by atoms with Crippen molar-refractivity contribution in [2.75, 3.05) is 32.0 Å². The number of guanidine groups is 1. The molecule has 0 radical (unpaired) electrons. The Kier molecular flexibility index (Phi) is 9.46. The van der Waals surface area contributed by atoms with Gasteiger partial charge >= 0.3 is 0 Å². The number of ether oxygens (including phenoxy) is 1. The molecule has 0 unspecified atom stereocenters. The van der Waals surface area contributed by atoms with Gasteiger partial charge in [0, 0.05) is 13.1 Å². The molecule has 0 saturated carbocycles. The van der Waals surface area contributed by atoms with Crippen molar-refractivity contribution in [3.8, 4) is 5.75 Å². The number of hydrogen-bond acceptors (Lipinski definition) is 4. The van der Waals surface area contributed by atoms with Crippen molar-refractivity contribution in [2.24, 2.45) is 4.99 Å². The van der Waals surface area contributed by atoms with Crippen LogP contribution in [0.4, 0.5) is 0 Å². The van der Waals surface area contributed by atoms with Crippen LogP contribution >= 0.6 is 0 Å². The number of rotatable bonds is 11. The van der Waals surface area contributed by atoms with Crippen LogP contribution in [-0.4, -0.2) is 46.4 Å². The number of benzene rings is 2. The minimum atomic E-state index is -3.39. The second-order valence-electron chi connectivity index (χ2n) is 6.47. The minimum Gasteiger partial charge on any atom is -0.492 e. The fraction of sp³-hybridized carbons (Fsp3) is 0.381. The van der Waals surface area contributed by atoms with Gasteiger partial charge in [-0.3, -0.25) is 4.99 Å². The predicted octanol–water partition coefficient (Wildman–Crippen LogP) is 2.05. The predicted molar refractivity (Wildman–Crippen MR) is 118 cm³/mol. The first-order chi connectivity index (χ1) is 14.0. The van der Waals surface area contributed by atoms with Crippen LogP contribution in [0, 0.1) is 6.92 Å². The van der Waals surface area contributed by atoms with E-state index in [1.807, 2.05) is 68.4 Å². The normalized spacial score (nSPS) is 11.9. The molecule has 158 valence electrons. The molecule has 0 saturated heterocycles. The average molecular weight is 419 g/mol. The molecular formula is C21H30N4O3S. The summed E-state index contributed by atoms with van der Waals surface area (Å²) in [7, 11) is -3.39. The van der Waals surface area contributed by atoms with Crippen LogP contribution in [0.3, 0.4) is 0 Å². The van der Waals surface area contributed by atoms with E-state index in [9.17, 15) is 8.42 Å². The lowest BCUT2D eigenvalue weighted by atomic mass is 10.2. The van der Waals surface area contributed by atoms with Crippen molar-refractivity contribution >= 4 is 16.0 Å². The van der Waals surface area contributed by atoms with E-state index in [1.54, 1.807) is 0 Å². The van der Waals surface area contributed by atoms with E-state index in [-0.39, 0.29) is 18.8 Å². The Morgan fingerprint density at radius 1 is 1.03 bits per heavy atom. The number of hydrogen-bond donors (Lipinski definition) is 3. The lowest BCUT2D eigenvalue weighted by Crippen LogP contribution is -2.39. The Balaban J connectivity index is 1.73. The third-order valence-electron chi connectivity index (χ3n) is 4.00. The number of nitrogens with zero attached hydrogens (tertiary/aromatic N) is 1. The summed E-state index contributed by atoms with van der Waals surface area (Å²) >= 11 is 0. The molecule has 0 heterocycles. The van der Waals surface area contributed by atoms with E-state index >= 15 is 0 Å². The molecule has 0 aromatic heterocycles. The number of nitrogens with one attached hydrogen (secondary N) is 3. The third kappa shape index (κ3) is 9.45. The van der Waals surface area contributed by atoms with Crippen LogP contribution in [0.5, 0.6) is 5.75 Å². The summed E-state index contributed by atoms with van der Waals surface area (Å²) in [6.07, 6.45) is 0. The Morgan fingerprint density at radius 3 is 2.45 bits per heavy atom. The molecule has 7 nitrogen and oxygen atoms in total. The lowest BCUT2D eigenvalue weighted by molar-refractivity contribution is 0.322. The van der Waals surface area contributed by atoms with E-state index in [1.165, 1.54) is 5.56 Å². The van der Waals surface area contributed by atoms with Gasteiger partial charge < -0.3 is 15.4 Å². The van der Waals surface area contributed by atoms with E-state index in [2.05, 4.69) is 20.3 Å². The summed E-state index contributed by atoms with van der Waals surface area (Å²) in [5.74, 6) is 1.31. The zero-order chi connectivity index (χ0) is 21.0. The molecule has 8 heteroatoms. The van der Waals surface area contributed by atoms with Crippen molar-refractivity contribution in [1.82, 2.24) is 15.4 Å². The van der Waals surface area contributed by atoms with Crippen molar-refractivity contribution in [2.45, 2.75) is 20.4 Å². The zero-order valence-electron chi connectivity index (χ0n) is 17.0. The van der Waals surface area contributed by atoms with Gasteiger partial charge in [0.15, 0.2) is 5.96 Å². The molecule has 0 amide bonds. The highest BCUT2D eigenvalue weighted by atomic mass is 32.2. The van der Waals surface area contributed by atoms with Gasteiger partial charge in [0.05, 0.1) is 18.8 Å². The first-order valence-electron chi connectivity index (χ1n) is 9.71. The Morgan fingerprint density at radius 2 is 1.76 bits per heavy atom. The molecule has 0 fully saturated rings. The van der Waals surface area contributed by atoms with Crippen LogP contribution in [0.1, 0.15) is 18.1 Å². The van der Waals surface area contributed by atoms with Crippen molar-refractivity contribution in [3.63, 3.8) is 0 Å². The molecule has 29 heavy (non-hydrogen) atoms. The molecule has 0 bridgehead atoms. The minimum absolute atomic E-state index is 0.0731. The van der Waals surface area contributed by atoms with Crippen LogP contribution in [-0.2, 0) is 16.6 Å². The number of sulfonamides is 1. The number of aliphatic imine (C=N–C) groups is 1. The van der Waals surface area contributed by atoms with Gasteiger partial charge in [-0.15, -0.1) is 0 Å². The molecule has 0 aliphatic heterocycles. The molecule has 2 rings (SSSR count). The summed E-state index contributed by atoms with van der Waals surface area (Å²) in [5.41, 5.74) is 2.11. The second-order valence-corrected chi connectivity index (χ2v) is 8.40. The van der Waals surface area contributed by atoms with E-state index in [4.69, 9.17) is 4.74 Å². The maximum Gasteiger partial charge on any atom is 0.213 e. The Hall–Kier alpha value is -2.58. The quantitative estimate of drug-likeness (QED) is 0.295. The number of aryl methyl sites for hydroxylation is 1. The molecule has 3 N–H and O–H groups in total. The summed E-state index contributed by atoms with van der Waals surface area (Å²) in [6, 6.07) is 17.3. The maximum absolute atomic E-state index is 12.1. The van der Waals surface area contributed by atoms with Crippen LogP contribution in [0.25, 0.3) is 0 Å². The fourth-order valence-electron chi connectivity index (χ4n) is 2.45. The van der Waals surface area contributed by atoms with Gasteiger partial charge in [-0.2, -0.15) is 0 Å². The second kappa shape index (κ2) is 12.1.